The van der Waals surface area contributed by atoms with Gasteiger partial charge in [0.2, 0.25) is 0 Å². The molecule has 1 aliphatic rings. The van der Waals surface area contributed by atoms with Crippen LogP contribution in [0.1, 0.15) is 30.9 Å². The van der Waals surface area contributed by atoms with Crippen LogP contribution in [0.15, 0.2) is 41.6 Å². The molecule has 0 aromatic carbocycles. The minimum Gasteiger partial charge on any atom is -0.357 e. The molecule has 1 saturated heterocycles. The third kappa shape index (κ3) is 2.63. The van der Waals surface area contributed by atoms with Crippen LogP contribution < -0.4 is 10.6 Å². The maximum Gasteiger partial charge on any atom is 0.326 e. The van der Waals surface area contributed by atoms with Gasteiger partial charge < -0.3 is 14.9 Å². The minimum absolute atomic E-state index is 0.0829. The van der Waals surface area contributed by atoms with Crippen molar-refractivity contribution in [2.24, 2.45) is 0 Å². The van der Waals surface area contributed by atoms with Crippen molar-refractivity contribution in [1.82, 2.24) is 24.5 Å². The molecule has 1 unspecified atom stereocenters. The van der Waals surface area contributed by atoms with Gasteiger partial charge >= 0.3 is 5.69 Å². The van der Waals surface area contributed by atoms with Crippen molar-refractivity contribution >= 4 is 27.9 Å². The lowest BCUT2D eigenvalue weighted by Gasteiger charge is -2.22. The van der Waals surface area contributed by atoms with E-state index in [9.17, 15) is 4.79 Å². The maximum absolute atomic E-state index is 12.8. The molecular weight excluding hydrogens is 354 g/mol. The second-order valence-electron chi connectivity index (χ2n) is 7.15. The standard InChI is InChI=1S/C20H19N7O/c21-10-13-3-4-17(23-11-13)26-8-1-2-14(6-9-26)27-18-15-5-7-22-19(15)24-12-16(18)25-20(27)28/h3-5,7,11-12,14H,1-2,6,8-9H2,(H,22,24)(H,25,28). The Hall–Kier alpha value is -3.60. The smallest absolute Gasteiger partial charge is 0.326 e. The van der Waals surface area contributed by atoms with E-state index in [1.807, 2.05) is 22.9 Å². The van der Waals surface area contributed by atoms with E-state index in [4.69, 9.17) is 5.26 Å². The molecule has 140 valence electrons. The van der Waals surface area contributed by atoms with E-state index in [1.54, 1.807) is 18.5 Å². The number of hydrogen-bond donors (Lipinski definition) is 2. The van der Waals surface area contributed by atoms with Crippen LogP contribution in [0.25, 0.3) is 22.1 Å². The summed E-state index contributed by atoms with van der Waals surface area (Å²) in [6.07, 6.45) is 7.92. The highest BCUT2D eigenvalue weighted by Crippen LogP contribution is 2.29. The molecule has 0 aliphatic carbocycles. The number of nitriles is 1. The first kappa shape index (κ1) is 16.6. The zero-order chi connectivity index (χ0) is 19.1. The summed E-state index contributed by atoms with van der Waals surface area (Å²) in [6.45, 7) is 1.69. The molecule has 4 aromatic heterocycles. The van der Waals surface area contributed by atoms with E-state index in [0.29, 0.717) is 5.56 Å². The summed E-state index contributed by atoms with van der Waals surface area (Å²) in [5.74, 6) is 0.878. The van der Waals surface area contributed by atoms with Crippen LogP contribution >= 0.6 is 0 Å². The lowest BCUT2D eigenvalue weighted by atomic mass is 10.1. The molecule has 8 heteroatoms. The first-order valence-corrected chi connectivity index (χ1v) is 9.42. The molecule has 0 amide bonds. The van der Waals surface area contributed by atoms with E-state index in [2.05, 4.69) is 30.9 Å². The molecule has 4 aromatic rings. The fourth-order valence-corrected chi connectivity index (χ4v) is 4.18. The molecule has 0 spiro atoms. The summed E-state index contributed by atoms with van der Waals surface area (Å²) >= 11 is 0. The van der Waals surface area contributed by atoms with Gasteiger partial charge in [-0.15, -0.1) is 0 Å². The van der Waals surface area contributed by atoms with Crippen LogP contribution in [0.3, 0.4) is 0 Å². The van der Waals surface area contributed by atoms with Crippen molar-refractivity contribution in [3.8, 4) is 6.07 Å². The highest BCUT2D eigenvalue weighted by Gasteiger charge is 2.23. The molecular formula is C20H19N7O. The lowest BCUT2D eigenvalue weighted by molar-refractivity contribution is 0.456. The summed E-state index contributed by atoms with van der Waals surface area (Å²) in [5.41, 5.74) is 2.96. The number of hydrogen-bond acceptors (Lipinski definition) is 5. The van der Waals surface area contributed by atoms with Crippen LogP contribution in [-0.2, 0) is 0 Å². The van der Waals surface area contributed by atoms with Gasteiger partial charge in [0.15, 0.2) is 0 Å². The van der Waals surface area contributed by atoms with Crippen molar-refractivity contribution in [3.63, 3.8) is 0 Å². The quantitative estimate of drug-likeness (QED) is 0.562. The molecule has 0 saturated carbocycles. The molecule has 2 N–H and O–H groups in total. The Morgan fingerprint density at radius 3 is 2.89 bits per heavy atom. The molecule has 1 aliphatic heterocycles. The number of rotatable bonds is 2. The van der Waals surface area contributed by atoms with Crippen LogP contribution in [-0.4, -0.2) is 37.6 Å². The van der Waals surface area contributed by atoms with Crippen LogP contribution in [0.5, 0.6) is 0 Å². The van der Waals surface area contributed by atoms with Gasteiger partial charge in [0.25, 0.3) is 0 Å². The van der Waals surface area contributed by atoms with E-state index in [-0.39, 0.29) is 11.7 Å². The summed E-state index contributed by atoms with van der Waals surface area (Å²) < 4.78 is 1.91. The average Bonchev–Trinajstić information content (AvgIpc) is 3.24. The van der Waals surface area contributed by atoms with Gasteiger partial charge in [-0.1, -0.05) is 0 Å². The monoisotopic (exact) mass is 373 g/mol. The van der Waals surface area contributed by atoms with Gasteiger partial charge in [-0.3, -0.25) is 4.57 Å². The van der Waals surface area contributed by atoms with Crippen molar-refractivity contribution in [2.45, 2.75) is 25.3 Å². The predicted octanol–water partition coefficient (Wildman–Crippen LogP) is 2.70. The zero-order valence-corrected chi connectivity index (χ0v) is 15.2. The van der Waals surface area contributed by atoms with E-state index in [1.165, 1.54) is 0 Å². The summed E-state index contributed by atoms with van der Waals surface area (Å²) in [4.78, 5) is 29.9. The third-order valence-corrected chi connectivity index (χ3v) is 5.52. The molecule has 28 heavy (non-hydrogen) atoms. The summed E-state index contributed by atoms with van der Waals surface area (Å²) in [7, 11) is 0. The number of fused-ring (bicyclic) bond motifs is 3. The number of pyridine rings is 2. The van der Waals surface area contributed by atoms with Crippen molar-refractivity contribution < 1.29 is 0 Å². The van der Waals surface area contributed by atoms with Crippen LogP contribution in [0.4, 0.5) is 5.82 Å². The van der Waals surface area contributed by atoms with Gasteiger partial charge in [0.05, 0.1) is 22.8 Å². The molecule has 5 heterocycles. The summed E-state index contributed by atoms with van der Waals surface area (Å²) in [6, 6.07) is 7.88. The van der Waals surface area contributed by atoms with Crippen molar-refractivity contribution in [1.29, 1.82) is 5.26 Å². The van der Waals surface area contributed by atoms with Crippen molar-refractivity contribution in [3.05, 3.63) is 52.8 Å². The first-order chi connectivity index (χ1) is 13.7. The van der Waals surface area contributed by atoms with Gasteiger partial charge in [-0.2, -0.15) is 5.26 Å². The topological polar surface area (TPSA) is 106 Å². The second-order valence-corrected chi connectivity index (χ2v) is 7.15. The number of nitrogens with one attached hydrogen (secondary N) is 2. The minimum atomic E-state index is -0.0829. The number of aromatic amines is 2. The number of nitrogens with zero attached hydrogens (tertiary/aromatic N) is 5. The summed E-state index contributed by atoms with van der Waals surface area (Å²) in [5, 5.41) is 9.91. The largest absolute Gasteiger partial charge is 0.357 e. The Balaban J connectivity index is 1.48. The van der Waals surface area contributed by atoms with Crippen molar-refractivity contribution in [2.75, 3.05) is 18.0 Å². The first-order valence-electron chi connectivity index (χ1n) is 9.42. The van der Waals surface area contributed by atoms with E-state index < -0.39 is 0 Å². The van der Waals surface area contributed by atoms with Gasteiger partial charge in [-0.05, 0) is 37.5 Å². The number of anilines is 1. The van der Waals surface area contributed by atoms with Gasteiger partial charge in [0, 0.05) is 36.9 Å². The molecule has 1 fully saturated rings. The molecule has 5 rings (SSSR count). The molecule has 8 nitrogen and oxygen atoms in total. The van der Waals surface area contributed by atoms with E-state index in [0.717, 1.165) is 60.2 Å². The maximum atomic E-state index is 12.8. The zero-order valence-electron chi connectivity index (χ0n) is 15.2. The predicted molar refractivity (Wildman–Crippen MR) is 106 cm³/mol. The second kappa shape index (κ2) is 6.53. The molecule has 0 radical (unpaired) electrons. The Kier molecular flexibility index (Phi) is 3.86. The average molecular weight is 373 g/mol. The number of imidazole rings is 1. The fraction of sp³-hybridized carbons (Fsp3) is 0.300. The SMILES string of the molecule is N#Cc1ccc(N2CCCC(n3c(=O)[nH]c4cnc5[nH]ccc5c43)CC2)nc1. The number of H-pyrrole nitrogens is 2. The van der Waals surface area contributed by atoms with Gasteiger partial charge in [0.1, 0.15) is 17.5 Å². The normalized spacial score (nSPS) is 17.7. The highest BCUT2D eigenvalue weighted by molar-refractivity contribution is 6.00. The molecule has 0 bridgehead atoms. The third-order valence-electron chi connectivity index (χ3n) is 5.52. The Morgan fingerprint density at radius 2 is 2.07 bits per heavy atom. The highest BCUT2D eigenvalue weighted by atomic mass is 16.1. The Labute approximate surface area is 160 Å². The lowest BCUT2D eigenvalue weighted by Crippen LogP contribution is -2.26. The Morgan fingerprint density at radius 1 is 1.14 bits per heavy atom. The Bertz CT molecular complexity index is 1240. The van der Waals surface area contributed by atoms with E-state index >= 15 is 0 Å². The van der Waals surface area contributed by atoms with Crippen LogP contribution in [0, 0.1) is 11.3 Å². The number of aromatic nitrogens is 5. The van der Waals surface area contributed by atoms with Gasteiger partial charge in [-0.25, -0.2) is 14.8 Å². The molecule has 1 atom stereocenters. The fourth-order valence-electron chi connectivity index (χ4n) is 4.18. The van der Waals surface area contributed by atoms with Crippen LogP contribution in [0.2, 0.25) is 0 Å².